The first-order chi connectivity index (χ1) is 12.0. The van der Waals surface area contributed by atoms with E-state index in [0.29, 0.717) is 23.7 Å². The number of rotatable bonds is 8. The zero-order valence-corrected chi connectivity index (χ0v) is 15.0. The van der Waals surface area contributed by atoms with E-state index in [0.717, 1.165) is 24.8 Å². The molecule has 6 nitrogen and oxygen atoms in total. The third-order valence-corrected chi connectivity index (χ3v) is 3.92. The van der Waals surface area contributed by atoms with Crippen molar-refractivity contribution in [1.29, 1.82) is 0 Å². The fraction of sp³-hybridized carbons (Fsp3) is 0.421. The van der Waals surface area contributed by atoms with Crippen LogP contribution in [0.1, 0.15) is 47.9 Å². The topological polar surface area (TPSA) is 75.4 Å². The van der Waals surface area contributed by atoms with E-state index in [1.54, 1.807) is 24.0 Å². The highest BCUT2D eigenvalue weighted by Gasteiger charge is 2.20. The second kappa shape index (κ2) is 9.01. The van der Waals surface area contributed by atoms with Gasteiger partial charge in [-0.2, -0.15) is 0 Å². The van der Waals surface area contributed by atoms with Gasteiger partial charge in [-0.1, -0.05) is 43.1 Å². The highest BCUT2D eigenvalue weighted by Crippen LogP contribution is 2.13. The van der Waals surface area contributed by atoms with Gasteiger partial charge in [-0.3, -0.25) is 9.59 Å². The van der Waals surface area contributed by atoms with Crippen LogP contribution in [0.2, 0.25) is 0 Å². The standard InChI is InChI=1S/C19H25N3O3/c1-4-5-8-11-22(19(24)16-10-7-6-9-14(16)2)13-18(23)20-17-12-15(3)25-21-17/h6-7,9-10,12H,4-5,8,11,13H2,1-3H3,(H,20,21,23). The molecule has 0 fully saturated rings. The molecule has 0 aliphatic rings. The van der Waals surface area contributed by atoms with Crippen molar-refractivity contribution in [3.05, 3.63) is 47.2 Å². The van der Waals surface area contributed by atoms with E-state index in [4.69, 9.17) is 4.52 Å². The second-order valence-corrected chi connectivity index (χ2v) is 6.12. The van der Waals surface area contributed by atoms with E-state index >= 15 is 0 Å². The predicted molar refractivity (Wildman–Crippen MR) is 96.5 cm³/mol. The average Bonchev–Trinajstić information content (AvgIpc) is 2.98. The number of carbonyl (C=O) groups is 2. The van der Waals surface area contributed by atoms with E-state index in [2.05, 4.69) is 17.4 Å². The summed E-state index contributed by atoms with van der Waals surface area (Å²) in [6.45, 7) is 6.29. The number of amides is 2. The number of hydrogen-bond acceptors (Lipinski definition) is 4. The van der Waals surface area contributed by atoms with Crippen LogP contribution in [0.25, 0.3) is 0 Å². The molecule has 134 valence electrons. The summed E-state index contributed by atoms with van der Waals surface area (Å²) in [5, 5.41) is 6.41. The summed E-state index contributed by atoms with van der Waals surface area (Å²) in [5.41, 5.74) is 1.53. The molecule has 0 bridgehead atoms. The van der Waals surface area contributed by atoms with Crippen molar-refractivity contribution in [3.8, 4) is 0 Å². The smallest absolute Gasteiger partial charge is 0.254 e. The van der Waals surface area contributed by atoms with Crippen molar-refractivity contribution < 1.29 is 14.1 Å². The van der Waals surface area contributed by atoms with E-state index in [-0.39, 0.29) is 18.4 Å². The number of benzene rings is 1. The lowest BCUT2D eigenvalue weighted by Gasteiger charge is -2.23. The van der Waals surface area contributed by atoms with Crippen LogP contribution in [-0.2, 0) is 4.79 Å². The van der Waals surface area contributed by atoms with Crippen molar-refractivity contribution in [3.63, 3.8) is 0 Å². The Morgan fingerprint density at radius 2 is 1.96 bits per heavy atom. The zero-order chi connectivity index (χ0) is 18.2. The minimum Gasteiger partial charge on any atom is -0.360 e. The summed E-state index contributed by atoms with van der Waals surface area (Å²) in [4.78, 5) is 26.8. The Kier molecular flexibility index (Phi) is 6.74. The van der Waals surface area contributed by atoms with Gasteiger partial charge in [0, 0.05) is 18.2 Å². The summed E-state index contributed by atoms with van der Waals surface area (Å²) >= 11 is 0. The first kappa shape index (κ1) is 18.7. The molecule has 2 amide bonds. The van der Waals surface area contributed by atoms with Gasteiger partial charge in [0.2, 0.25) is 5.91 Å². The minimum atomic E-state index is -0.285. The molecule has 0 aliphatic carbocycles. The Morgan fingerprint density at radius 3 is 2.60 bits per heavy atom. The Balaban J connectivity index is 2.07. The molecule has 0 aliphatic heterocycles. The van der Waals surface area contributed by atoms with Crippen molar-refractivity contribution in [2.75, 3.05) is 18.4 Å². The highest BCUT2D eigenvalue weighted by atomic mass is 16.5. The second-order valence-electron chi connectivity index (χ2n) is 6.12. The predicted octanol–water partition coefficient (Wildman–Crippen LogP) is 3.56. The number of unbranched alkanes of at least 4 members (excludes halogenated alkanes) is 2. The SMILES string of the molecule is CCCCCN(CC(=O)Nc1cc(C)on1)C(=O)c1ccccc1C. The molecule has 0 spiro atoms. The molecular weight excluding hydrogens is 318 g/mol. The maximum Gasteiger partial charge on any atom is 0.254 e. The highest BCUT2D eigenvalue weighted by molar-refractivity contribution is 5.99. The van der Waals surface area contributed by atoms with Gasteiger partial charge in [-0.05, 0) is 31.9 Å². The quantitative estimate of drug-likeness (QED) is 0.744. The molecule has 0 unspecified atom stereocenters. The Morgan fingerprint density at radius 1 is 1.20 bits per heavy atom. The first-order valence-corrected chi connectivity index (χ1v) is 8.59. The van der Waals surface area contributed by atoms with Gasteiger partial charge in [0.05, 0.1) is 0 Å². The van der Waals surface area contributed by atoms with Crippen LogP contribution in [0, 0.1) is 13.8 Å². The largest absolute Gasteiger partial charge is 0.360 e. The molecule has 0 radical (unpaired) electrons. The Bertz CT molecular complexity index is 724. The van der Waals surface area contributed by atoms with Crippen molar-refractivity contribution in [1.82, 2.24) is 10.1 Å². The average molecular weight is 343 g/mol. The fourth-order valence-corrected chi connectivity index (χ4v) is 2.57. The van der Waals surface area contributed by atoms with Crippen LogP contribution < -0.4 is 5.32 Å². The van der Waals surface area contributed by atoms with Gasteiger partial charge in [0.1, 0.15) is 12.3 Å². The molecule has 0 saturated carbocycles. The summed E-state index contributed by atoms with van der Waals surface area (Å²) in [5.74, 6) is 0.567. The van der Waals surface area contributed by atoms with Gasteiger partial charge in [-0.25, -0.2) is 0 Å². The molecular formula is C19H25N3O3. The maximum absolute atomic E-state index is 12.9. The number of aromatic nitrogens is 1. The Hall–Kier alpha value is -2.63. The molecule has 1 N–H and O–H groups in total. The molecule has 1 aromatic carbocycles. The summed E-state index contributed by atoms with van der Waals surface area (Å²) < 4.78 is 4.94. The van der Waals surface area contributed by atoms with Crippen LogP contribution in [0.3, 0.4) is 0 Å². The lowest BCUT2D eigenvalue weighted by atomic mass is 10.1. The molecule has 25 heavy (non-hydrogen) atoms. The zero-order valence-electron chi connectivity index (χ0n) is 15.0. The molecule has 2 aromatic rings. The number of aryl methyl sites for hydroxylation is 2. The van der Waals surface area contributed by atoms with Crippen LogP contribution in [0.5, 0.6) is 0 Å². The molecule has 1 aromatic heterocycles. The van der Waals surface area contributed by atoms with Gasteiger partial charge in [0.15, 0.2) is 5.82 Å². The molecule has 0 atom stereocenters. The van der Waals surface area contributed by atoms with Crippen LogP contribution in [-0.4, -0.2) is 35.0 Å². The molecule has 2 rings (SSSR count). The number of nitrogens with one attached hydrogen (secondary N) is 1. The Labute approximate surface area is 148 Å². The van der Waals surface area contributed by atoms with Crippen LogP contribution in [0.4, 0.5) is 5.82 Å². The lowest BCUT2D eigenvalue weighted by molar-refractivity contribution is -0.117. The van der Waals surface area contributed by atoms with Crippen molar-refractivity contribution in [2.24, 2.45) is 0 Å². The number of nitrogens with zero attached hydrogens (tertiary/aromatic N) is 2. The number of hydrogen-bond donors (Lipinski definition) is 1. The molecule has 6 heteroatoms. The van der Waals surface area contributed by atoms with Gasteiger partial charge < -0.3 is 14.7 Å². The lowest BCUT2D eigenvalue weighted by Crippen LogP contribution is -2.39. The number of anilines is 1. The molecule has 1 heterocycles. The van der Waals surface area contributed by atoms with E-state index in [1.165, 1.54) is 0 Å². The normalized spacial score (nSPS) is 10.5. The summed E-state index contributed by atoms with van der Waals surface area (Å²) in [6, 6.07) is 9.07. The fourth-order valence-electron chi connectivity index (χ4n) is 2.57. The van der Waals surface area contributed by atoms with Gasteiger partial charge >= 0.3 is 0 Å². The van der Waals surface area contributed by atoms with Gasteiger partial charge in [0.25, 0.3) is 5.91 Å². The maximum atomic E-state index is 12.9. The first-order valence-electron chi connectivity index (χ1n) is 8.59. The molecule has 0 saturated heterocycles. The van der Waals surface area contributed by atoms with Gasteiger partial charge in [-0.15, -0.1) is 0 Å². The van der Waals surface area contributed by atoms with E-state index in [9.17, 15) is 9.59 Å². The third-order valence-electron chi connectivity index (χ3n) is 3.92. The number of carbonyl (C=O) groups excluding carboxylic acids is 2. The monoisotopic (exact) mass is 343 g/mol. The minimum absolute atomic E-state index is 0.0111. The van der Waals surface area contributed by atoms with Crippen LogP contribution in [0.15, 0.2) is 34.9 Å². The van der Waals surface area contributed by atoms with Crippen molar-refractivity contribution in [2.45, 2.75) is 40.0 Å². The van der Waals surface area contributed by atoms with Crippen molar-refractivity contribution >= 4 is 17.6 Å². The van der Waals surface area contributed by atoms with E-state index < -0.39 is 0 Å². The van der Waals surface area contributed by atoms with Crippen LogP contribution >= 0.6 is 0 Å². The third kappa shape index (κ3) is 5.45. The summed E-state index contributed by atoms with van der Waals surface area (Å²) in [7, 11) is 0. The summed E-state index contributed by atoms with van der Waals surface area (Å²) in [6.07, 6.45) is 2.93. The van der Waals surface area contributed by atoms with E-state index in [1.807, 2.05) is 25.1 Å².